The first-order valence-corrected chi connectivity index (χ1v) is 8.27. The molecule has 1 aliphatic rings. The third-order valence-corrected chi connectivity index (χ3v) is 4.15. The van der Waals surface area contributed by atoms with Crippen molar-refractivity contribution in [2.24, 2.45) is 0 Å². The van der Waals surface area contributed by atoms with Crippen molar-refractivity contribution >= 4 is 23.9 Å². The van der Waals surface area contributed by atoms with Gasteiger partial charge in [0.2, 0.25) is 0 Å². The summed E-state index contributed by atoms with van der Waals surface area (Å²) in [4.78, 5) is 36.1. The smallest absolute Gasteiger partial charge is 0.491 e. The van der Waals surface area contributed by atoms with Crippen LogP contribution in [0.2, 0.25) is 0 Å². The molecule has 2 aromatic rings. The summed E-state index contributed by atoms with van der Waals surface area (Å²) in [6, 6.07) is 5.99. The molecular weight excluding hydrogens is 395 g/mol. The van der Waals surface area contributed by atoms with Crippen LogP contribution >= 0.6 is 0 Å². The summed E-state index contributed by atoms with van der Waals surface area (Å²) in [6.45, 7) is 0.206. The first-order valence-electron chi connectivity index (χ1n) is 8.27. The van der Waals surface area contributed by atoms with Gasteiger partial charge >= 0.3 is 12.3 Å². The number of hydrogen-bond acceptors (Lipinski definition) is 6. The Hall–Kier alpha value is -3.56. The van der Waals surface area contributed by atoms with Crippen molar-refractivity contribution in [1.82, 2.24) is 0 Å². The molecule has 0 fully saturated rings. The van der Waals surface area contributed by atoms with Crippen LogP contribution in [-0.4, -0.2) is 38.2 Å². The van der Waals surface area contributed by atoms with E-state index in [-0.39, 0.29) is 34.7 Å². The SMILES string of the molecule is COC(=O)c1cc(NC(=O)c2ccccc2OC(F)(F)F)c2c(c1C=O)CCO2. The van der Waals surface area contributed by atoms with Crippen LogP contribution in [0, 0.1) is 0 Å². The molecule has 3 rings (SSSR count). The van der Waals surface area contributed by atoms with Gasteiger partial charge in [0, 0.05) is 17.5 Å². The van der Waals surface area contributed by atoms with Gasteiger partial charge in [-0.2, -0.15) is 0 Å². The lowest BCUT2D eigenvalue weighted by atomic mass is 9.98. The number of para-hydroxylation sites is 1. The molecule has 152 valence electrons. The maximum atomic E-state index is 12.6. The Morgan fingerprint density at radius 2 is 1.93 bits per heavy atom. The number of fused-ring (bicyclic) bond motifs is 1. The molecule has 29 heavy (non-hydrogen) atoms. The number of benzene rings is 2. The molecule has 1 heterocycles. The number of ether oxygens (including phenoxy) is 3. The van der Waals surface area contributed by atoms with Crippen molar-refractivity contribution in [2.45, 2.75) is 12.8 Å². The fourth-order valence-corrected chi connectivity index (χ4v) is 2.97. The standard InChI is InChI=1S/C19H14F3NO6/c1-27-18(26)12-8-14(16-10(6-7-28-16)13(12)9-24)23-17(25)11-4-2-3-5-15(11)29-19(20,21)22/h2-5,8-9H,6-7H2,1H3,(H,23,25). The van der Waals surface area contributed by atoms with Crippen LogP contribution in [0.25, 0.3) is 0 Å². The number of esters is 1. The lowest BCUT2D eigenvalue weighted by Crippen LogP contribution is -2.21. The molecule has 10 heteroatoms. The van der Waals surface area contributed by atoms with Gasteiger partial charge in [0.05, 0.1) is 30.5 Å². The van der Waals surface area contributed by atoms with Crippen LogP contribution in [-0.2, 0) is 11.2 Å². The highest BCUT2D eigenvalue weighted by Gasteiger charge is 2.33. The second-order valence-electron chi connectivity index (χ2n) is 5.90. The van der Waals surface area contributed by atoms with Crippen LogP contribution in [0.1, 0.15) is 36.6 Å². The number of carbonyl (C=O) groups is 3. The van der Waals surface area contributed by atoms with Crippen molar-refractivity contribution in [3.8, 4) is 11.5 Å². The van der Waals surface area contributed by atoms with Gasteiger partial charge in [-0.05, 0) is 18.2 Å². The Morgan fingerprint density at radius 3 is 2.59 bits per heavy atom. The van der Waals surface area contributed by atoms with Crippen molar-refractivity contribution < 1.29 is 41.8 Å². The average Bonchev–Trinajstić information content (AvgIpc) is 3.16. The average molecular weight is 409 g/mol. The monoisotopic (exact) mass is 409 g/mol. The van der Waals surface area contributed by atoms with E-state index in [0.717, 1.165) is 19.2 Å². The molecule has 0 radical (unpaired) electrons. The van der Waals surface area contributed by atoms with E-state index < -0.39 is 24.0 Å². The highest BCUT2D eigenvalue weighted by atomic mass is 19.4. The molecule has 0 saturated carbocycles. The Kier molecular flexibility index (Phi) is 5.44. The Morgan fingerprint density at radius 1 is 1.21 bits per heavy atom. The van der Waals surface area contributed by atoms with Crippen molar-refractivity contribution in [1.29, 1.82) is 0 Å². The van der Waals surface area contributed by atoms with Gasteiger partial charge in [-0.25, -0.2) is 4.79 Å². The number of nitrogens with one attached hydrogen (secondary N) is 1. The van der Waals surface area contributed by atoms with E-state index in [1.807, 2.05) is 0 Å². The summed E-state index contributed by atoms with van der Waals surface area (Å²) in [5.41, 5.74) is 0.0222. The molecule has 0 saturated heterocycles. The van der Waals surface area contributed by atoms with Crippen molar-refractivity contribution in [2.75, 3.05) is 19.0 Å². The zero-order valence-electron chi connectivity index (χ0n) is 15.0. The Labute approximate surface area is 162 Å². The minimum absolute atomic E-state index is 0.0234. The van der Waals surface area contributed by atoms with Gasteiger partial charge in [-0.1, -0.05) is 12.1 Å². The van der Waals surface area contributed by atoms with Gasteiger partial charge in [-0.15, -0.1) is 13.2 Å². The molecule has 0 atom stereocenters. The first kappa shape index (κ1) is 20.2. The summed E-state index contributed by atoms with van der Waals surface area (Å²) in [7, 11) is 1.13. The molecule has 0 unspecified atom stereocenters. The van der Waals surface area contributed by atoms with Gasteiger partial charge in [0.15, 0.2) is 6.29 Å². The number of alkyl halides is 3. The van der Waals surface area contributed by atoms with E-state index >= 15 is 0 Å². The number of halogens is 3. The highest BCUT2D eigenvalue weighted by Crippen LogP contribution is 2.39. The van der Waals surface area contributed by atoms with Crippen molar-refractivity contribution in [3.63, 3.8) is 0 Å². The molecule has 2 aromatic carbocycles. The molecule has 1 amide bonds. The Balaban J connectivity index is 2.01. The summed E-state index contributed by atoms with van der Waals surface area (Å²) in [6.07, 6.45) is -4.19. The molecule has 7 nitrogen and oxygen atoms in total. The van der Waals surface area contributed by atoms with E-state index in [1.165, 1.54) is 18.2 Å². The van der Waals surface area contributed by atoms with Crippen LogP contribution in [0.3, 0.4) is 0 Å². The van der Waals surface area contributed by atoms with E-state index in [9.17, 15) is 27.6 Å². The fraction of sp³-hybridized carbons (Fsp3) is 0.211. The van der Waals surface area contributed by atoms with Gasteiger partial charge < -0.3 is 19.5 Å². The molecule has 0 bridgehead atoms. The number of hydrogen-bond donors (Lipinski definition) is 1. The highest BCUT2D eigenvalue weighted by molar-refractivity contribution is 6.09. The zero-order chi connectivity index (χ0) is 21.2. The van der Waals surface area contributed by atoms with Gasteiger partial charge in [0.25, 0.3) is 5.91 Å². The third-order valence-electron chi connectivity index (χ3n) is 4.15. The molecule has 0 spiro atoms. The van der Waals surface area contributed by atoms with Crippen molar-refractivity contribution in [3.05, 3.63) is 52.6 Å². The van der Waals surface area contributed by atoms with E-state index in [1.54, 1.807) is 0 Å². The molecule has 0 aliphatic carbocycles. The minimum Gasteiger partial charge on any atom is -0.491 e. The van der Waals surface area contributed by atoms with Gasteiger partial charge in [-0.3, -0.25) is 9.59 Å². The zero-order valence-corrected chi connectivity index (χ0v) is 15.0. The second-order valence-corrected chi connectivity index (χ2v) is 5.90. The van der Waals surface area contributed by atoms with E-state index in [0.29, 0.717) is 18.3 Å². The topological polar surface area (TPSA) is 90.9 Å². The van der Waals surface area contributed by atoms with Crippen LogP contribution < -0.4 is 14.8 Å². The van der Waals surface area contributed by atoms with Crippen LogP contribution in [0.15, 0.2) is 30.3 Å². The predicted molar refractivity (Wildman–Crippen MR) is 93.4 cm³/mol. The van der Waals surface area contributed by atoms with Crippen LogP contribution in [0.5, 0.6) is 11.5 Å². The molecular formula is C19H14F3NO6. The van der Waals surface area contributed by atoms with Crippen LogP contribution in [0.4, 0.5) is 18.9 Å². The third kappa shape index (κ3) is 4.15. The molecule has 0 aromatic heterocycles. The lowest BCUT2D eigenvalue weighted by molar-refractivity contribution is -0.274. The van der Waals surface area contributed by atoms with Gasteiger partial charge in [0.1, 0.15) is 11.5 Å². The largest absolute Gasteiger partial charge is 0.573 e. The molecule has 1 aliphatic heterocycles. The predicted octanol–water partition coefficient (Wildman–Crippen LogP) is 3.37. The van der Waals surface area contributed by atoms with E-state index in [4.69, 9.17) is 4.74 Å². The number of carbonyl (C=O) groups excluding carboxylic acids is 3. The second kappa shape index (κ2) is 7.82. The first-order chi connectivity index (χ1) is 13.7. The summed E-state index contributed by atoms with van der Waals surface area (Å²) < 4.78 is 51.8. The summed E-state index contributed by atoms with van der Waals surface area (Å²) >= 11 is 0. The fourth-order valence-electron chi connectivity index (χ4n) is 2.97. The number of anilines is 1. The lowest BCUT2D eigenvalue weighted by Gasteiger charge is -2.16. The maximum absolute atomic E-state index is 12.6. The minimum atomic E-state index is -4.98. The van der Waals surface area contributed by atoms with E-state index in [2.05, 4.69) is 14.8 Å². The Bertz CT molecular complexity index is 987. The molecule has 1 N–H and O–H groups in total. The quantitative estimate of drug-likeness (QED) is 0.602. The summed E-state index contributed by atoms with van der Waals surface area (Å²) in [5.74, 6) is -2.24. The number of rotatable bonds is 5. The number of aldehydes is 1. The maximum Gasteiger partial charge on any atom is 0.573 e. The number of amides is 1. The summed E-state index contributed by atoms with van der Waals surface area (Å²) in [5, 5.41) is 2.42. The number of methoxy groups -OCH3 is 1. The normalized spacial score (nSPS) is 12.6.